The van der Waals surface area contributed by atoms with Crippen molar-refractivity contribution in [3.8, 4) is 0 Å². The Hall–Kier alpha value is -3.16. The van der Waals surface area contributed by atoms with Gasteiger partial charge in [-0.3, -0.25) is 9.20 Å². The lowest BCUT2D eigenvalue weighted by atomic mass is 9.87. The van der Waals surface area contributed by atoms with Crippen LogP contribution in [0.3, 0.4) is 0 Å². The van der Waals surface area contributed by atoms with Gasteiger partial charge in [0, 0.05) is 43.2 Å². The van der Waals surface area contributed by atoms with E-state index in [-0.39, 0.29) is 22.3 Å². The smallest absolute Gasteiger partial charge is 0.352 e. The molecule has 14 heteroatoms. The molecule has 3 aromatic heterocycles. The molecule has 3 aliphatic rings. The Balaban J connectivity index is 1.32. The number of anilines is 3. The number of halogens is 3. The zero-order valence-electron chi connectivity index (χ0n) is 21.5. The predicted octanol–water partition coefficient (Wildman–Crippen LogP) is 3.30. The summed E-state index contributed by atoms with van der Waals surface area (Å²) in [5, 5.41) is 6.90. The Morgan fingerprint density at radius 2 is 1.84 bits per heavy atom. The van der Waals surface area contributed by atoms with E-state index in [1.807, 2.05) is 16.7 Å². The monoisotopic (exact) mass is 547 g/mol. The standard InChI is InChI=1S/C24H28F3N9OS/c1-14-10-33(6-7-34(14)21(37)23(4)5-8-38-23)18-17-19(30-13-29-18)36(12-22(17,2)3)16-11-35-15(9-28-16)31-32-20(35)24(25,26)27/h9,11,13-14H,5-8,10,12H2,1-4H3/t14?,23-/m0/s1. The fourth-order valence-electron chi connectivity index (χ4n) is 5.61. The molecule has 0 aliphatic carbocycles. The summed E-state index contributed by atoms with van der Waals surface area (Å²) in [6, 6.07) is 0.0131. The van der Waals surface area contributed by atoms with Gasteiger partial charge in [-0.2, -0.15) is 13.2 Å². The van der Waals surface area contributed by atoms with E-state index < -0.39 is 17.4 Å². The van der Waals surface area contributed by atoms with Crippen molar-refractivity contribution in [2.24, 2.45) is 0 Å². The summed E-state index contributed by atoms with van der Waals surface area (Å²) in [5.41, 5.74) is 0.517. The highest BCUT2D eigenvalue weighted by Crippen LogP contribution is 2.47. The lowest BCUT2D eigenvalue weighted by Crippen LogP contribution is -2.60. The molecule has 6 heterocycles. The van der Waals surface area contributed by atoms with E-state index in [1.165, 1.54) is 18.7 Å². The van der Waals surface area contributed by atoms with Crippen LogP contribution in [0.1, 0.15) is 45.5 Å². The third-order valence-electron chi connectivity index (χ3n) is 7.74. The summed E-state index contributed by atoms with van der Waals surface area (Å²) in [6.07, 6.45) is 0.326. The number of fused-ring (bicyclic) bond motifs is 2. The van der Waals surface area contributed by atoms with Gasteiger partial charge in [-0.1, -0.05) is 13.8 Å². The highest BCUT2D eigenvalue weighted by molar-refractivity contribution is 8.02. The average Bonchev–Trinajstić information content (AvgIpc) is 3.40. The molecule has 0 saturated carbocycles. The van der Waals surface area contributed by atoms with Crippen molar-refractivity contribution in [3.63, 3.8) is 0 Å². The predicted molar refractivity (Wildman–Crippen MR) is 137 cm³/mol. The summed E-state index contributed by atoms with van der Waals surface area (Å²) in [5.74, 6) is 1.83. The van der Waals surface area contributed by atoms with Crippen molar-refractivity contribution >= 4 is 40.8 Å². The topological polar surface area (TPSA) is 95.7 Å². The lowest BCUT2D eigenvalue weighted by molar-refractivity contribution is -0.145. The molecule has 1 unspecified atom stereocenters. The maximum Gasteiger partial charge on any atom is 0.452 e. The molecule has 0 spiro atoms. The quantitative estimate of drug-likeness (QED) is 0.490. The van der Waals surface area contributed by atoms with Crippen molar-refractivity contribution in [2.45, 2.75) is 56.5 Å². The minimum atomic E-state index is -4.65. The van der Waals surface area contributed by atoms with Gasteiger partial charge in [-0.15, -0.1) is 22.0 Å². The number of alkyl halides is 3. The van der Waals surface area contributed by atoms with Gasteiger partial charge in [0.2, 0.25) is 11.7 Å². The molecule has 2 fully saturated rings. The van der Waals surface area contributed by atoms with Gasteiger partial charge in [0.25, 0.3) is 0 Å². The lowest BCUT2D eigenvalue weighted by Gasteiger charge is -2.46. The van der Waals surface area contributed by atoms with Crippen molar-refractivity contribution in [1.29, 1.82) is 0 Å². The Morgan fingerprint density at radius 3 is 2.50 bits per heavy atom. The number of hydrogen-bond acceptors (Lipinski definition) is 9. The van der Waals surface area contributed by atoms with E-state index in [2.05, 4.69) is 50.8 Å². The average molecular weight is 548 g/mol. The highest BCUT2D eigenvalue weighted by atomic mass is 32.2. The molecule has 202 valence electrons. The fourth-order valence-corrected chi connectivity index (χ4v) is 6.67. The Morgan fingerprint density at radius 1 is 1.11 bits per heavy atom. The first-order chi connectivity index (χ1) is 17.9. The maximum absolute atomic E-state index is 13.5. The third kappa shape index (κ3) is 3.86. The van der Waals surface area contributed by atoms with E-state index in [0.29, 0.717) is 37.8 Å². The molecule has 2 atom stereocenters. The van der Waals surface area contributed by atoms with E-state index in [0.717, 1.165) is 28.0 Å². The molecule has 10 nitrogen and oxygen atoms in total. The van der Waals surface area contributed by atoms with Crippen molar-refractivity contribution in [2.75, 3.05) is 41.7 Å². The largest absolute Gasteiger partial charge is 0.452 e. The van der Waals surface area contributed by atoms with Gasteiger partial charge in [0.1, 0.15) is 18.0 Å². The molecule has 0 bridgehead atoms. The number of aromatic nitrogens is 6. The first kappa shape index (κ1) is 25.1. The number of carbonyl (C=O) groups excluding carboxylic acids is 1. The first-order valence-corrected chi connectivity index (χ1v) is 13.5. The van der Waals surface area contributed by atoms with Gasteiger partial charge in [-0.25, -0.2) is 15.0 Å². The summed E-state index contributed by atoms with van der Waals surface area (Å²) in [7, 11) is 0. The highest BCUT2D eigenvalue weighted by Gasteiger charge is 2.46. The van der Waals surface area contributed by atoms with E-state index in [4.69, 9.17) is 0 Å². The second-order valence-corrected chi connectivity index (χ2v) is 12.6. The number of rotatable bonds is 3. The van der Waals surface area contributed by atoms with Crippen LogP contribution in [0.5, 0.6) is 0 Å². The molecule has 3 aliphatic heterocycles. The molecule has 0 N–H and O–H groups in total. The summed E-state index contributed by atoms with van der Waals surface area (Å²) >= 11 is 1.72. The van der Waals surface area contributed by atoms with Crippen LogP contribution < -0.4 is 9.80 Å². The third-order valence-corrected chi connectivity index (χ3v) is 9.17. The van der Waals surface area contributed by atoms with Crippen LogP contribution >= 0.6 is 11.8 Å². The van der Waals surface area contributed by atoms with E-state index in [9.17, 15) is 18.0 Å². The summed E-state index contributed by atoms with van der Waals surface area (Å²) in [4.78, 5) is 32.7. The van der Waals surface area contributed by atoms with Gasteiger partial charge in [0.15, 0.2) is 11.5 Å². The number of carbonyl (C=O) groups is 1. The Kier molecular flexibility index (Phi) is 5.57. The minimum Gasteiger partial charge on any atom is -0.352 e. The van der Waals surface area contributed by atoms with Crippen LogP contribution in [0.25, 0.3) is 5.65 Å². The van der Waals surface area contributed by atoms with Crippen molar-refractivity contribution < 1.29 is 18.0 Å². The molecule has 38 heavy (non-hydrogen) atoms. The van der Waals surface area contributed by atoms with Crippen molar-refractivity contribution in [1.82, 2.24) is 34.4 Å². The molecule has 0 radical (unpaired) electrons. The number of amides is 1. The van der Waals surface area contributed by atoms with E-state index >= 15 is 0 Å². The van der Waals surface area contributed by atoms with Crippen LogP contribution in [0.2, 0.25) is 0 Å². The Bertz CT molecular complexity index is 1420. The molecule has 6 rings (SSSR count). The molecule has 1 amide bonds. The van der Waals surface area contributed by atoms with Crippen LogP contribution in [0, 0.1) is 0 Å². The molecular formula is C24H28F3N9OS. The van der Waals surface area contributed by atoms with Gasteiger partial charge in [-0.05, 0) is 26.0 Å². The van der Waals surface area contributed by atoms with Gasteiger partial charge >= 0.3 is 6.18 Å². The first-order valence-electron chi connectivity index (χ1n) is 12.5. The Labute approximate surface area is 221 Å². The van der Waals surface area contributed by atoms with Crippen LogP contribution in [-0.4, -0.2) is 83.1 Å². The van der Waals surface area contributed by atoms with Gasteiger partial charge < -0.3 is 14.7 Å². The molecular weight excluding hydrogens is 519 g/mol. The molecule has 0 aromatic carbocycles. The van der Waals surface area contributed by atoms with E-state index in [1.54, 1.807) is 11.8 Å². The van der Waals surface area contributed by atoms with Crippen LogP contribution in [0.4, 0.5) is 30.6 Å². The number of nitrogens with zero attached hydrogens (tertiary/aromatic N) is 9. The SMILES string of the molecule is CC1CN(c2ncnc3c2C(C)(C)CN3c2cn3c(C(F)(F)F)nnc3cn2)CCN1C(=O)[C@]1(C)CCS1. The van der Waals surface area contributed by atoms with Crippen LogP contribution in [-0.2, 0) is 16.4 Å². The normalized spacial score (nSPS) is 25.0. The fraction of sp³-hybridized carbons (Fsp3) is 0.583. The number of piperazine rings is 1. The molecule has 3 aromatic rings. The number of hydrogen-bond donors (Lipinski definition) is 0. The maximum atomic E-state index is 13.5. The second kappa shape index (κ2) is 8.42. The molecule has 2 saturated heterocycles. The summed E-state index contributed by atoms with van der Waals surface area (Å²) < 4.78 is 41.0. The zero-order chi connectivity index (χ0) is 27.0. The number of thioether (sulfide) groups is 1. The van der Waals surface area contributed by atoms with Crippen molar-refractivity contribution in [3.05, 3.63) is 30.1 Å². The zero-order valence-corrected chi connectivity index (χ0v) is 22.3. The van der Waals surface area contributed by atoms with Gasteiger partial charge in [0.05, 0.1) is 17.1 Å². The summed E-state index contributed by atoms with van der Waals surface area (Å²) in [6.45, 7) is 10.5. The van der Waals surface area contributed by atoms with Crippen LogP contribution in [0.15, 0.2) is 18.7 Å². The second-order valence-electron chi connectivity index (χ2n) is 11.0. The minimum absolute atomic E-state index is 0.0127.